The largest absolute Gasteiger partial charge is 0.364 e. The minimum Gasteiger partial charge on any atom is -0.364 e. The number of allylic oxidation sites excluding steroid dienone is 4. The van der Waals surface area contributed by atoms with E-state index in [1.165, 1.54) is 24.2 Å². The molecule has 0 saturated carbocycles. The van der Waals surface area contributed by atoms with Crippen LogP contribution in [-0.2, 0) is 6.42 Å². The summed E-state index contributed by atoms with van der Waals surface area (Å²) < 4.78 is 0. The first-order valence-corrected chi connectivity index (χ1v) is 10.6. The summed E-state index contributed by atoms with van der Waals surface area (Å²) in [7, 11) is 0. The lowest BCUT2D eigenvalue weighted by Gasteiger charge is -2.45. The summed E-state index contributed by atoms with van der Waals surface area (Å²) in [4.78, 5) is 7.36. The quantitative estimate of drug-likeness (QED) is 0.593. The van der Waals surface area contributed by atoms with Crippen molar-refractivity contribution in [3.8, 4) is 0 Å². The summed E-state index contributed by atoms with van der Waals surface area (Å²) in [6.07, 6.45) is 18.0. The standard InChI is InChI=1S/C25H30N2/c1-24(2)10-14-5-7-18(24)16-12-26-20(22(14)16)9-21-23-15-6-8-19(17(23)13-27-21)25(3,4)11-15/h5-8,12-15,18-19,26-27H,9-11H2,1-4H3. The Hall–Kier alpha value is -1.96. The van der Waals surface area contributed by atoms with Gasteiger partial charge in [0.25, 0.3) is 0 Å². The number of H-pyrrole nitrogens is 2. The van der Waals surface area contributed by atoms with Gasteiger partial charge in [0.2, 0.25) is 0 Å². The highest BCUT2D eigenvalue weighted by Crippen LogP contribution is 2.57. The maximum atomic E-state index is 3.68. The van der Waals surface area contributed by atoms with Crippen LogP contribution >= 0.6 is 0 Å². The molecule has 4 bridgehead atoms. The van der Waals surface area contributed by atoms with Gasteiger partial charge in [0.15, 0.2) is 0 Å². The van der Waals surface area contributed by atoms with Gasteiger partial charge in [0, 0.05) is 53.9 Å². The van der Waals surface area contributed by atoms with Crippen LogP contribution in [-0.4, -0.2) is 9.97 Å². The molecule has 2 N–H and O–H groups in total. The van der Waals surface area contributed by atoms with Gasteiger partial charge in [-0.2, -0.15) is 0 Å². The molecular weight excluding hydrogens is 328 g/mol. The molecule has 6 aliphatic rings. The van der Waals surface area contributed by atoms with Crippen molar-refractivity contribution in [2.24, 2.45) is 10.8 Å². The van der Waals surface area contributed by atoms with E-state index in [1.807, 2.05) is 0 Å². The topological polar surface area (TPSA) is 31.6 Å². The summed E-state index contributed by atoms with van der Waals surface area (Å²) in [5, 5.41) is 0. The fourth-order valence-corrected chi connectivity index (χ4v) is 6.83. The Morgan fingerprint density at radius 3 is 1.59 bits per heavy atom. The van der Waals surface area contributed by atoms with Crippen molar-refractivity contribution < 1.29 is 0 Å². The lowest BCUT2D eigenvalue weighted by molar-refractivity contribution is 0.251. The molecule has 2 heterocycles. The monoisotopic (exact) mass is 358 g/mol. The molecule has 0 aromatic carbocycles. The Bertz CT molecular complexity index is 913. The van der Waals surface area contributed by atoms with E-state index in [0.29, 0.717) is 34.5 Å². The van der Waals surface area contributed by atoms with Gasteiger partial charge in [-0.3, -0.25) is 0 Å². The Kier molecular flexibility index (Phi) is 2.91. The summed E-state index contributed by atoms with van der Waals surface area (Å²) in [6, 6.07) is 0. The smallest absolute Gasteiger partial charge is 0.0284 e. The van der Waals surface area contributed by atoms with Crippen molar-refractivity contribution in [3.63, 3.8) is 0 Å². The van der Waals surface area contributed by atoms with E-state index in [1.54, 1.807) is 22.3 Å². The molecule has 8 rings (SSSR count). The van der Waals surface area contributed by atoms with Gasteiger partial charge in [-0.05, 0) is 45.9 Å². The molecule has 2 aromatic heterocycles. The molecule has 0 aliphatic heterocycles. The lowest BCUT2D eigenvalue weighted by atomic mass is 9.59. The SMILES string of the molecule is CC1(C)CC2C=CC1c1c[nH]c(Cc3[nH]cc4c3C3C=CC4C(C)(C)C3)c12. The highest BCUT2D eigenvalue weighted by Gasteiger charge is 2.45. The average molecular weight is 359 g/mol. The van der Waals surface area contributed by atoms with Crippen LogP contribution in [0.15, 0.2) is 36.7 Å². The van der Waals surface area contributed by atoms with E-state index >= 15 is 0 Å². The molecule has 0 spiro atoms. The van der Waals surface area contributed by atoms with Crippen LogP contribution in [0.4, 0.5) is 0 Å². The number of fused-ring (bicyclic) bond motifs is 2. The van der Waals surface area contributed by atoms with Crippen LogP contribution < -0.4 is 0 Å². The highest BCUT2D eigenvalue weighted by atomic mass is 14.8. The molecule has 2 aromatic rings. The third-order valence-corrected chi connectivity index (χ3v) is 8.09. The van der Waals surface area contributed by atoms with Gasteiger partial charge in [0.05, 0.1) is 0 Å². The van der Waals surface area contributed by atoms with Crippen LogP contribution in [0.3, 0.4) is 0 Å². The molecule has 4 atom stereocenters. The summed E-state index contributed by atoms with van der Waals surface area (Å²) in [5.41, 5.74) is 9.95. The lowest BCUT2D eigenvalue weighted by Crippen LogP contribution is -2.32. The molecule has 0 radical (unpaired) electrons. The van der Waals surface area contributed by atoms with Crippen molar-refractivity contribution >= 4 is 0 Å². The van der Waals surface area contributed by atoms with E-state index in [-0.39, 0.29) is 0 Å². The van der Waals surface area contributed by atoms with Crippen molar-refractivity contribution in [1.82, 2.24) is 9.97 Å². The Balaban J connectivity index is 1.39. The van der Waals surface area contributed by atoms with Gasteiger partial charge >= 0.3 is 0 Å². The first-order chi connectivity index (χ1) is 12.9. The van der Waals surface area contributed by atoms with Crippen molar-refractivity contribution in [1.29, 1.82) is 0 Å². The van der Waals surface area contributed by atoms with E-state index < -0.39 is 0 Å². The van der Waals surface area contributed by atoms with Crippen molar-refractivity contribution in [3.05, 3.63) is 70.3 Å². The molecular formula is C25H30N2. The first kappa shape index (κ1) is 16.0. The Morgan fingerprint density at radius 2 is 1.19 bits per heavy atom. The van der Waals surface area contributed by atoms with Crippen LogP contribution in [0.1, 0.15) is 97.8 Å². The van der Waals surface area contributed by atoms with E-state index in [9.17, 15) is 0 Å². The van der Waals surface area contributed by atoms with Crippen molar-refractivity contribution in [2.45, 2.75) is 70.6 Å². The Labute approximate surface area is 162 Å². The van der Waals surface area contributed by atoms with Gasteiger partial charge in [-0.15, -0.1) is 0 Å². The molecule has 6 aliphatic carbocycles. The summed E-state index contributed by atoms with van der Waals surface area (Å²) in [6.45, 7) is 9.71. The fraction of sp³-hybridized carbons (Fsp3) is 0.520. The van der Waals surface area contributed by atoms with E-state index in [0.717, 1.165) is 6.42 Å². The average Bonchev–Trinajstić information content (AvgIpc) is 3.21. The second-order valence-corrected chi connectivity index (χ2v) is 10.8. The molecule has 2 heteroatoms. The molecule has 0 fully saturated rings. The minimum atomic E-state index is 0.382. The summed E-state index contributed by atoms with van der Waals surface area (Å²) >= 11 is 0. The van der Waals surface area contributed by atoms with E-state index in [2.05, 4.69) is 74.4 Å². The molecule has 0 amide bonds. The Morgan fingerprint density at radius 1 is 0.741 bits per heavy atom. The zero-order valence-electron chi connectivity index (χ0n) is 16.9. The molecule has 27 heavy (non-hydrogen) atoms. The van der Waals surface area contributed by atoms with Gasteiger partial charge in [-0.25, -0.2) is 0 Å². The first-order valence-electron chi connectivity index (χ1n) is 10.6. The van der Waals surface area contributed by atoms with Gasteiger partial charge < -0.3 is 9.97 Å². The number of rotatable bonds is 2. The zero-order chi connectivity index (χ0) is 18.6. The maximum Gasteiger partial charge on any atom is 0.0284 e. The van der Waals surface area contributed by atoms with Gasteiger partial charge in [0.1, 0.15) is 0 Å². The van der Waals surface area contributed by atoms with E-state index in [4.69, 9.17) is 0 Å². The predicted octanol–water partition coefficient (Wildman–Crippen LogP) is 6.27. The maximum absolute atomic E-state index is 3.68. The molecule has 0 saturated heterocycles. The zero-order valence-corrected chi connectivity index (χ0v) is 16.9. The summed E-state index contributed by atoms with van der Waals surface area (Å²) in [5.74, 6) is 2.31. The number of hydrogen-bond donors (Lipinski definition) is 2. The number of aromatic nitrogens is 2. The van der Waals surface area contributed by atoms with Crippen molar-refractivity contribution in [2.75, 3.05) is 0 Å². The number of hydrogen-bond acceptors (Lipinski definition) is 0. The number of aromatic amines is 2. The third-order valence-electron chi connectivity index (χ3n) is 8.09. The second-order valence-electron chi connectivity index (χ2n) is 10.8. The molecule has 140 valence electrons. The van der Waals surface area contributed by atoms with Crippen LogP contribution in [0.25, 0.3) is 0 Å². The molecule has 4 unspecified atom stereocenters. The second kappa shape index (κ2) is 4.90. The fourth-order valence-electron chi connectivity index (χ4n) is 6.83. The van der Waals surface area contributed by atoms with Gasteiger partial charge in [-0.1, -0.05) is 52.0 Å². The predicted molar refractivity (Wildman–Crippen MR) is 110 cm³/mol. The minimum absolute atomic E-state index is 0.382. The highest BCUT2D eigenvalue weighted by molar-refractivity contribution is 5.53. The van der Waals surface area contributed by atoms with Crippen LogP contribution in [0, 0.1) is 10.8 Å². The normalized spacial score (nSPS) is 33.3. The third kappa shape index (κ3) is 2.02. The van der Waals surface area contributed by atoms with Crippen LogP contribution in [0.5, 0.6) is 0 Å². The molecule has 2 nitrogen and oxygen atoms in total. The van der Waals surface area contributed by atoms with Crippen LogP contribution in [0.2, 0.25) is 0 Å². The number of nitrogens with one attached hydrogen (secondary N) is 2.